The number of carbonyl (C=O) groups excluding carboxylic acids is 2. The molecule has 1 N–H and O–H groups in total. The molecule has 17 heavy (non-hydrogen) atoms. The molecule has 90 valence electrons. The SMILES string of the molecule is CC(Oc1ccc(C=O)cc1)C(=O)NC1CC1. The van der Waals surface area contributed by atoms with E-state index in [4.69, 9.17) is 4.74 Å². The normalized spacial score (nSPS) is 16.1. The summed E-state index contributed by atoms with van der Waals surface area (Å²) in [6, 6.07) is 7.03. The molecule has 1 aliphatic carbocycles. The standard InChI is InChI=1S/C13H15NO3/c1-9(13(16)14-11-4-5-11)17-12-6-2-10(8-15)3-7-12/h2-3,6-9,11H,4-5H2,1H3,(H,14,16). The lowest BCUT2D eigenvalue weighted by Gasteiger charge is -2.14. The smallest absolute Gasteiger partial charge is 0.260 e. The van der Waals surface area contributed by atoms with Crippen LogP contribution < -0.4 is 10.1 Å². The first-order valence-corrected chi connectivity index (χ1v) is 5.71. The minimum absolute atomic E-state index is 0.0908. The van der Waals surface area contributed by atoms with E-state index in [0.717, 1.165) is 19.1 Å². The molecule has 1 aromatic rings. The monoisotopic (exact) mass is 233 g/mol. The first-order valence-electron chi connectivity index (χ1n) is 5.71. The molecule has 1 aromatic carbocycles. The van der Waals surface area contributed by atoms with Crippen molar-refractivity contribution in [2.75, 3.05) is 0 Å². The summed E-state index contributed by atoms with van der Waals surface area (Å²) in [7, 11) is 0. The summed E-state index contributed by atoms with van der Waals surface area (Å²) in [6.45, 7) is 1.71. The molecule has 0 aliphatic heterocycles. The number of nitrogens with one attached hydrogen (secondary N) is 1. The van der Waals surface area contributed by atoms with Gasteiger partial charge < -0.3 is 10.1 Å². The third-order valence-corrected chi connectivity index (χ3v) is 2.62. The van der Waals surface area contributed by atoms with E-state index < -0.39 is 6.10 Å². The molecule has 0 radical (unpaired) electrons. The maximum Gasteiger partial charge on any atom is 0.260 e. The van der Waals surface area contributed by atoms with Crippen molar-refractivity contribution in [1.29, 1.82) is 0 Å². The van der Waals surface area contributed by atoms with Gasteiger partial charge in [0.05, 0.1) is 0 Å². The molecule has 0 bridgehead atoms. The summed E-state index contributed by atoms with van der Waals surface area (Å²) < 4.78 is 5.48. The van der Waals surface area contributed by atoms with Crippen LogP contribution in [-0.4, -0.2) is 24.3 Å². The van der Waals surface area contributed by atoms with E-state index in [1.165, 1.54) is 0 Å². The minimum atomic E-state index is -0.516. The number of hydrogen-bond acceptors (Lipinski definition) is 3. The van der Waals surface area contributed by atoms with Crippen LogP contribution in [0.2, 0.25) is 0 Å². The Morgan fingerprint density at radius 2 is 2.06 bits per heavy atom. The molecular weight excluding hydrogens is 218 g/mol. The van der Waals surface area contributed by atoms with Crippen LogP contribution in [0.5, 0.6) is 5.75 Å². The van der Waals surface area contributed by atoms with Crippen molar-refractivity contribution in [2.24, 2.45) is 0 Å². The molecule has 0 spiro atoms. The molecule has 0 aromatic heterocycles. The van der Waals surface area contributed by atoms with Gasteiger partial charge >= 0.3 is 0 Å². The maximum absolute atomic E-state index is 11.6. The largest absolute Gasteiger partial charge is 0.481 e. The van der Waals surface area contributed by atoms with Gasteiger partial charge in [-0.1, -0.05) is 0 Å². The molecule has 1 amide bonds. The Bertz CT molecular complexity index is 409. The van der Waals surface area contributed by atoms with Gasteiger partial charge in [-0.05, 0) is 44.0 Å². The van der Waals surface area contributed by atoms with Gasteiger partial charge in [0.15, 0.2) is 6.10 Å². The average molecular weight is 233 g/mol. The highest BCUT2D eigenvalue weighted by atomic mass is 16.5. The molecular formula is C13H15NO3. The van der Waals surface area contributed by atoms with Crippen LogP contribution in [0.3, 0.4) is 0 Å². The summed E-state index contributed by atoms with van der Waals surface area (Å²) in [5, 5.41) is 2.88. The van der Waals surface area contributed by atoms with Crippen LogP contribution in [0.15, 0.2) is 24.3 Å². The van der Waals surface area contributed by atoms with Gasteiger partial charge in [0.25, 0.3) is 5.91 Å². The maximum atomic E-state index is 11.6. The fraction of sp³-hybridized carbons (Fsp3) is 0.385. The Morgan fingerprint density at radius 3 is 2.59 bits per heavy atom. The number of hydrogen-bond donors (Lipinski definition) is 1. The number of aldehydes is 1. The van der Waals surface area contributed by atoms with Gasteiger partial charge in [-0.2, -0.15) is 0 Å². The van der Waals surface area contributed by atoms with Crippen LogP contribution in [0.25, 0.3) is 0 Å². The molecule has 4 heteroatoms. The van der Waals surface area contributed by atoms with Gasteiger partial charge in [-0.15, -0.1) is 0 Å². The average Bonchev–Trinajstić information content (AvgIpc) is 3.14. The Hall–Kier alpha value is -1.84. The molecule has 0 saturated heterocycles. The predicted molar refractivity (Wildman–Crippen MR) is 63.1 cm³/mol. The highest BCUT2D eigenvalue weighted by Gasteiger charge is 2.26. The zero-order valence-corrected chi connectivity index (χ0v) is 9.68. The highest BCUT2D eigenvalue weighted by Crippen LogP contribution is 2.19. The lowest BCUT2D eigenvalue weighted by atomic mass is 10.2. The van der Waals surface area contributed by atoms with Crippen molar-refractivity contribution in [3.05, 3.63) is 29.8 Å². The van der Waals surface area contributed by atoms with Crippen LogP contribution >= 0.6 is 0 Å². The van der Waals surface area contributed by atoms with Gasteiger partial charge in [0.1, 0.15) is 12.0 Å². The molecule has 1 fully saturated rings. The van der Waals surface area contributed by atoms with Crippen molar-refractivity contribution < 1.29 is 14.3 Å². The van der Waals surface area contributed by atoms with E-state index in [-0.39, 0.29) is 5.91 Å². The van der Waals surface area contributed by atoms with E-state index in [1.807, 2.05) is 0 Å². The Balaban J connectivity index is 1.89. The summed E-state index contributed by atoms with van der Waals surface area (Å²) in [6.07, 6.45) is 2.38. The first kappa shape index (κ1) is 11.6. The predicted octanol–water partition coefficient (Wildman–Crippen LogP) is 1.54. The van der Waals surface area contributed by atoms with Crippen LogP contribution in [0.4, 0.5) is 0 Å². The quantitative estimate of drug-likeness (QED) is 0.785. The van der Waals surface area contributed by atoms with E-state index in [0.29, 0.717) is 17.4 Å². The van der Waals surface area contributed by atoms with E-state index in [2.05, 4.69) is 5.32 Å². The van der Waals surface area contributed by atoms with Crippen LogP contribution in [0.1, 0.15) is 30.1 Å². The minimum Gasteiger partial charge on any atom is -0.481 e. The lowest BCUT2D eigenvalue weighted by molar-refractivity contribution is -0.127. The Morgan fingerprint density at radius 1 is 1.41 bits per heavy atom. The second-order valence-corrected chi connectivity index (χ2v) is 4.23. The van der Waals surface area contributed by atoms with Gasteiger partial charge in [-0.25, -0.2) is 0 Å². The van der Waals surface area contributed by atoms with E-state index in [1.54, 1.807) is 31.2 Å². The molecule has 1 aliphatic rings. The third-order valence-electron chi connectivity index (χ3n) is 2.62. The van der Waals surface area contributed by atoms with Crippen molar-refractivity contribution in [3.8, 4) is 5.75 Å². The summed E-state index contributed by atoms with van der Waals surface area (Å²) in [5.74, 6) is 0.501. The molecule has 0 heterocycles. The zero-order valence-electron chi connectivity index (χ0n) is 9.68. The van der Waals surface area contributed by atoms with Crippen molar-refractivity contribution in [2.45, 2.75) is 31.9 Å². The highest BCUT2D eigenvalue weighted by molar-refractivity contribution is 5.81. The summed E-state index contributed by atoms with van der Waals surface area (Å²) >= 11 is 0. The van der Waals surface area contributed by atoms with Gasteiger partial charge in [-0.3, -0.25) is 9.59 Å². The molecule has 2 rings (SSSR count). The second-order valence-electron chi connectivity index (χ2n) is 4.23. The number of benzene rings is 1. The molecule has 1 atom stereocenters. The zero-order chi connectivity index (χ0) is 12.3. The topological polar surface area (TPSA) is 55.4 Å². The van der Waals surface area contributed by atoms with Crippen molar-refractivity contribution >= 4 is 12.2 Å². The van der Waals surface area contributed by atoms with Crippen LogP contribution in [-0.2, 0) is 4.79 Å². The summed E-state index contributed by atoms with van der Waals surface area (Å²) in [4.78, 5) is 22.1. The number of amides is 1. The van der Waals surface area contributed by atoms with E-state index in [9.17, 15) is 9.59 Å². The Kier molecular flexibility index (Phi) is 3.42. The van der Waals surface area contributed by atoms with Crippen LogP contribution in [0, 0.1) is 0 Å². The number of ether oxygens (including phenoxy) is 1. The number of rotatable bonds is 5. The fourth-order valence-electron chi connectivity index (χ4n) is 1.43. The van der Waals surface area contributed by atoms with Crippen molar-refractivity contribution in [3.63, 3.8) is 0 Å². The Labute approximate surface area is 100.0 Å². The molecule has 1 saturated carbocycles. The van der Waals surface area contributed by atoms with Gasteiger partial charge in [0.2, 0.25) is 0 Å². The molecule has 4 nitrogen and oxygen atoms in total. The van der Waals surface area contributed by atoms with E-state index >= 15 is 0 Å². The lowest BCUT2D eigenvalue weighted by Crippen LogP contribution is -2.37. The third kappa shape index (κ3) is 3.31. The first-order chi connectivity index (χ1) is 8.19. The second kappa shape index (κ2) is 4.99. The summed E-state index contributed by atoms with van der Waals surface area (Å²) in [5.41, 5.74) is 0.590. The number of carbonyl (C=O) groups is 2. The molecule has 1 unspecified atom stereocenters. The fourth-order valence-corrected chi connectivity index (χ4v) is 1.43. The van der Waals surface area contributed by atoms with Crippen molar-refractivity contribution in [1.82, 2.24) is 5.32 Å². The van der Waals surface area contributed by atoms with Gasteiger partial charge in [0, 0.05) is 11.6 Å².